The Hall–Kier alpha value is -2.00. The van der Waals surface area contributed by atoms with E-state index in [0.29, 0.717) is 28.9 Å². The molecular weight excluding hydrogens is 461 g/mol. The third kappa shape index (κ3) is 6.49. The van der Waals surface area contributed by atoms with Crippen molar-refractivity contribution in [1.82, 2.24) is 10.2 Å². The van der Waals surface area contributed by atoms with E-state index in [0.717, 1.165) is 32.2 Å². The van der Waals surface area contributed by atoms with Crippen molar-refractivity contribution < 1.29 is 17.9 Å². The molecule has 31 heavy (non-hydrogen) atoms. The smallest absolute Gasteiger partial charge is 0.251 e. The molecule has 2 aromatic rings. The van der Waals surface area contributed by atoms with Crippen molar-refractivity contribution in [1.29, 1.82) is 0 Å². The first-order valence-electron chi connectivity index (χ1n) is 9.85. The molecular formula is C21H25Cl2N3O4S. The summed E-state index contributed by atoms with van der Waals surface area (Å²) in [5.74, 6) is 0.375. The quantitative estimate of drug-likeness (QED) is 0.583. The number of nitrogen functional groups attached to an aromatic ring is 1. The number of sulfone groups is 1. The van der Waals surface area contributed by atoms with Gasteiger partial charge in [0.2, 0.25) is 0 Å². The average molecular weight is 486 g/mol. The van der Waals surface area contributed by atoms with E-state index in [2.05, 4.69) is 10.2 Å². The number of halogens is 2. The molecule has 0 spiro atoms. The minimum absolute atomic E-state index is 0.0378. The van der Waals surface area contributed by atoms with Gasteiger partial charge in [0.15, 0.2) is 9.84 Å². The standard InChI is InChI=1S/C21H25Cl2N3O4S/c1-31(28,29)20-12-14(2-5-19(20)24)21(27)25-8-11-26-9-6-15(7-10-26)30-16-3-4-17(22)18(23)13-16/h2-5,12-13,15H,6-11,24H2,1H3,(H,25,27). The van der Waals surface area contributed by atoms with Crippen molar-refractivity contribution in [2.24, 2.45) is 0 Å². The Labute approximate surface area is 192 Å². The van der Waals surface area contributed by atoms with E-state index >= 15 is 0 Å². The summed E-state index contributed by atoms with van der Waals surface area (Å²) in [6.45, 7) is 2.85. The number of rotatable bonds is 7. The molecule has 168 valence electrons. The summed E-state index contributed by atoms with van der Waals surface area (Å²) < 4.78 is 29.6. The third-order valence-electron chi connectivity index (χ3n) is 5.12. The van der Waals surface area contributed by atoms with Crippen molar-refractivity contribution >= 4 is 44.6 Å². The maximum atomic E-state index is 12.4. The molecule has 1 fully saturated rings. The van der Waals surface area contributed by atoms with Gasteiger partial charge in [-0.05, 0) is 43.2 Å². The molecule has 0 bridgehead atoms. The van der Waals surface area contributed by atoms with Crippen LogP contribution in [0, 0.1) is 0 Å². The molecule has 1 aliphatic heterocycles. The number of hydrogen-bond donors (Lipinski definition) is 2. The highest BCUT2D eigenvalue weighted by atomic mass is 35.5. The van der Waals surface area contributed by atoms with E-state index < -0.39 is 9.84 Å². The molecule has 10 heteroatoms. The first kappa shape index (κ1) is 23.7. The van der Waals surface area contributed by atoms with Crippen LogP contribution in [0.3, 0.4) is 0 Å². The summed E-state index contributed by atoms with van der Waals surface area (Å²) in [6.07, 6.45) is 2.90. The SMILES string of the molecule is CS(=O)(=O)c1cc(C(=O)NCCN2CCC(Oc3ccc(Cl)c(Cl)c3)CC2)ccc1N. The highest BCUT2D eigenvalue weighted by Gasteiger charge is 2.21. The van der Waals surface area contributed by atoms with Gasteiger partial charge in [-0.3, -0.25) is 4.79 Å². The average Bonchev–Trinajstić information content (AvgIpc) is 2.71. The predicted octanol–water partition coefficient (Wildman–Crippen LogP) is 3.25. The number of piperidine rings is 1. The lowest BCUT2D eigenvalue weighted by atomic mass is 10.1. The van der Waals surface area contributed by atoms with Gasteiger partial charge in [-0.2, -0.15) is 0 Å². The van der Waals surface area contributed by atoms with Crippen molar-refractivity contribution in [3.05, 3.63) is 52.0 Å². The van der Waals surface area contributed by atoms with Crippen LogP contribution in [0.2, 0.25) is 10.0 Å². The first-order chi connectivity index (χ1) is 14.6. The number of amides is 1. The Balaban J connectivity index is 1.44. The molecule has 1 amide bonds. The van der Waals surface area contributed by atoms with E-state index in [4.69, 9.17) is 33.7 Å². The van der Waals surface area contributed by atoms with E-state index in [1.807, 2.05) is 6.07 Å². The number of nitrogens with zero attached hydrogens (tertiary/aromatic N) is 1. The number of likely N-dealkylation sites (tertiary alicyclic amines) is 1. The van der Waals surface area contributed by atoms with Gasteiger partial charge < -0.3 is 20.7 Å². The van der Waals surface area contributed by atoms with Gasteiger partial charge in [-0.25, -0.2) is 8.42 Å². The highest BCUT2D eigenvalue weighted by Crippen LogP contribution is 2.28. The summed E-state index contributed by atoms with van der Waals surface area (Å²) in [6, 6.07) is 9.51. The number of nitrogens with two attached hydrogens (primary N) is 1. The number of nitrogens with one attached hydrogen (secondary N) is 1. The van der Waals surface area contributed by atoms with Gasteiger partial charge in [0, 0.05) is 44.1 Å². The number of anilines is 1. The Kier molecular flexibility index (Phi) is 7.69. The van der Waals surface area contributed by atoms with Crippen molar-refractivity contribution in [2.75, 3.05) is 38.2 Å². The zero-order chi connectivity index (χ0) is 22.6. The fourth-order valence-corrected chi connectivity index (χ4v) is 4.54. The summed E-state index contributed by atoms with van der Waals surface area (Å²) in [7, 11) is -3.50. The molecule has 3 rings (SSSR count). The van der Waals surface area contributed by atoms with Gasteiger partial charge in [-0.15, -0.1) is 0 Å². The molecule has 0 atom stereocenters. The fraction of sp³-hybridized carbons (Fsp3) is 0.381. The Morgan fingerprint density at radius 1 is 1.16 bits per heavy atom. The lowest BCUT2D eigenvalue weighted by Crippen LogP contribution is -2.42. The molecule has 1 saturated heterocycles. The minimum Gasteiger partial charge on any atom is -0.490 e. The largest absolute Gasteiger partial charge is 0.490 e. The Morgan fingerprint density at radius 3 is 2.52 bits per heavy atom. The maximum Gasteiger partial charge on any atom is 0.251 e. The van der Waals surface area contributed by atoms with E-state index in [9.17, 15) is 13.2 Å². The van der Waals surface area contributed by atoms with Gasteiger partial charge in [-0.1, -0.05) is 23.2 Å². The van der Waals surface area contributed by atoms with E-state index in [1.165, 1.54) is 18.2 Å². The molecule has 1 aliphatic rings. The number of benzene rings is 2. The lowest BCUT2D eigenvalue weighted by Gasteiger charge is -2.32. The topological polar surface area (TPSA) is 102 Å². The molecule has 0 radical (unpaired) electrons. The van der Waals surface area contributed by atoms with Gasteiger partial charge in [0.05, 0.1) is 20.6 Å². The monoisotopic (exact) mass is 485 g/mol. The Morgan fingerprint density at radius 2 is 1.87 bits per heavy atom. The van der Waals surface area contributed by atoms with Gasteiger partial charge in [0.1, 0.15) is 11.9 Å². The number of carbonyl (C=O) groups excluding carboxylic acids is 1. The van der Waals surface area contributed by atoms with Crippen LogP contribution in [0.1, 0.15) is 23.2 Å². The normalized spacial score (nSPS) is 15.6. The summed E-state index contributed by atoms with van der Waals surface area (Å²) in [4.78, 5) is 14.6. The van der Waals surface area contributed by atoms with Crippen LogP contribution < -0.4 is 15.8 Å². The van der Waals surface area contributed by atoms with Crippen molar-refractivity contribution in [3.8, 4) is 5.75 Å². The molecule has 0 aromatic heterocycles. The second-order valence-electron chi connectivity index (χ2n) is 7.52. The van der Waals surface area contributed by atoms with E-state index in [1.54, 1.807) is 12.1 Å². The summed E-state index contributed by atoms with van der Waals surface area (Å²) >= 11 is 12.0. The van der Waals surface area contributed by atoms with Crippen LogP contribution >= 0.6 is 23.2 Å². The number of ether oxygens (including phenoxy) is 1. The molecule has 0 unspecified atom stereocenters. The Bertz CT molecular complexity index is 1050. The number of hydrogen-bond acceptors (Lipinski definition) is 6. The zero-order valence-corrected chi connectivity index (χ0v) is 19.4. The molecule has 0 aliphatic carbocycles. The van der Waals surface area contributed by atoms with Crippen LogP contribution in [0.15, 0.2) is 41.3 Å². The lowest BCUT2D eigenvalue weighted by molar-refractivity contribution is 0.0905. The second kappa shape index (κ2) is 10.1. The zero-order valence-electron chi connectivity index (χ0n) is 17.1. The van der Waals surface area contributed by atoms with Gasteiger partial charge in [0.25, 0.3) is 5.91 Å². The van der Waals surface area contributed by atoms with Crippen LogP contribution in [0.4, 0.5) is 5.69 Å². The van der Waals surface area contributed by atoms with Gasteiger partial charge >= 0.3 is 0 Å². The fourth-order valence-electron chi connectivity index (χ4n) is 3.42. The predicted molar refractivity (Wildman–Crippen MR) is 123 cm³/mol. The molecule has 3 N–H and O–H groups in total. The van der Waals surface area contributed by atoms with Crippen molar-refractivity contribution in [2.45, 2.75) is 23.8 Å². The minimum atomic E-state index is -3.50. The summed E-state index contributed by atoms with van der Waals surface area (Å²) in [5.41, 5.74) is 6.10. The highest BCUT2D eigenvalue weighted by molar-refractivity contribution is 7.90. The summed E-state index contributed by atoms with van der Waals surface area (Å²) in [5, 5.41) is 3.80. The second-order valence-corrected chi connectivity index (χ2v) is 10.3. The maximum absolute atomic E-state index is 12.4. The molecule has 2 aromatic carbocycles. The van der Waals surface area contributed by atoms with Crippen LogP contribution in [0.5, 0.6) is 5.75 Å². The number of carbonyl (C=O) groups is 1. The van der Waals surface area contributed by atoms with Crippen molar-refractivity contribution in [3.63, 3.8) is 0 Å². The van der Waals surface area contributed by atoms with Crippen LogP contribution in [-0.4, -0.2) is 57.8 Å². The molecule has 7 nitrogen and oxygen atoms in total. The third-order valence-corrected chi connectivity index (χ3v) is 7.01. The molecule has 1 heterocycles. The van der Waals surface area contributed by atoms with E-state index in [-0.39, 0.29) is 28.2 Å². The molecule has 0 saturated carbocycles. The first-order valence-corrected chi connectivity index (χ1v) is 12.5. The van der Waals surface area contributed by atoms with Crippen LogP contribution in [-0.2, 0) is 9.84 Å². The van der Waals surface area contributed by atoms with Crippen LogP contribution in [0.25, 0.3) is 0 Å².